The fraction of sp³-hybridized carbons (Fsp3) is 0.462. The lowest BCUT2D eigenvalue weighted by molar-refractivity contribution is 0.272. The number of ether oxygens (including phenoxy) is 1. The van der Waals surface area contributed by atoms with E-state index < -0.39 is 0 Å². The minimum absolute atomic E-state index is 0.155. The van der Waals surface area contributed by atoms with Gasteiger partial charge in [-0.3, -0.25) is 0 Å². The van der Waals surface area contributed by atoms with Crippen molar-refractivity contribution >= 4 is 0 Å². The third kappa shape index (κ3) is 3.82. The standard InChI is InChI=1S/C13H17NO2/c1-13(2,10-14)8-5-9-16-12-7-4-3-6-11(12)15/h3-4,6-7,15H,5,8-9H2,1-2H3. The molecule has 1 N–H and O–H groups in total. The fourth-order valence-electron chi connectivity index (χ4n) is 1.33. The molecule has 0 saturated heterocycles. The van der Waals surface area contributed by atoms with Crippen LogP contribution in [0.1, 0.15) is 26.7 Å². The van der Waals surface area contributed by atoms with Crippen molar-refractivity contribution in [1.29, 1.82) is 5.26 Å². The molecular weight excluding hydrogens is 202 g/mol. The molecule has 0 aliphatic heterocycles. The van der Waals surface area contributed by atoms with Gasteiger partial charge in [-0.15, -0.1) is 0 Å². The first-order valence-corrected chi connectivity index (χ1v) is 5.37. The molecule has 0 saturated carbocycles. The highest BCUT2D eigenvalue weighted by molar-refractivity contribution is 5.37. The topological polar surface area (TPSA) is 53.2 Å². The molecule has 1 aromatic carbocycles. The maximum atomic E-state index is 9.44. The van der Waals surface area contributed by atoms with Gasteiger partial charge in [-0.25, -0.2) is 0 Å². The monoisotopic (exact) mass is 219 g/mol. The quantitative estimate of drug-likeness (QED) is 0.774. The molecule has 0 fully saturated rings. The van der Waals surface area contributed by atoms with Crippen molar-refractivity contribution < 1.29 is 9.84 Å². The predicted molar refractivity (Wildman–Crippen MR) is 62.2 cm³/mol. The fourth-order valence-corrected chi connectivity index (χ4v) is 1.33. The van der Waals surface area contributed by atoms with Crippen LogP contribution < -0.4 is 4.74 Å². The average molecular weight is 219 g/mol. The van der Waals surface area contributed by atoms with Crippen molar-refractivity contribution in [2.24, 2.45) is 5.41 Å². The van der Waals surface area contributed by atoms with Gasteiger partial charge in [0.1, 0.15) is 0 Å². The molecule has 16 heavy (non-hydrogen) atoms. The smallest absolute Gasteiger partial charge is 0.160 e. The Morgan fingerprint density at radius 3 is 2.69 bits per heavy atom. The van der Waals surface area contributed by atoms with E-state index >= 15 is 0 Å². The molecule has 0 radical (unpaired) electrons. The van der Waals surface area contributed by atoms with Crippen molar-refractivity contribution in [3.8, 4) is 17.6 Å². The third-order valence-corrected chi connectivity index (χ3v) is 2.37. The van der Waals surface area contributed by atoms with E-state index in [1.165, 1.54) is 0 Å². The van der Waals surface area contributed by atoms with Crippen LogP contribution in [0.4, 0.5) is 0 Å². The number of benzene rings is 1. The highest BCUT2D eigenvalue weighted by atomic mass is 16.5. The number of para-hydroxylation sites is 2. The number of phenolic OH excluding ortho intramolecular Hbond substituents is 1. The van der Waals surface area contributed by atoms with Crippen LogP contribution in [0, 0.1) is 16.7 Å². The maximum Gasteiger partial charge on any atom is 0.160 e. The molecule has 86 valence electrons. The lowest BCUT2D eigenvalue weighted by Gasteiger charge is -2.14. The van der Waals surface area contributed by atoms with Crippen LogP contribution in [0.2, 0.25) is 0 Å². The minimum Gasteiger partial charge on any atom is -0.504 e. The molecule has 1 aromatic rings. The Morgan fingerprint density at radius 2 is 2.06 bits per heavy atom. The average Bonchev–Trinajstić information content (AvgIpc) is 2.27. The summed E-state index contributed by atoms with van der Waals surface area (Å²) < 4.78 is 5.42. The van der Waals surface area contributed by atoms with Crippen LogP contribution in [0.5, 0.6) is 11.5 Å². The Balaban J connectivity index is 2.33. The summed E-state index contributed by atoms with van der Waals surface area (Å²) in [7, 11) is 0. The lowest BCUT2D eigenvalue weighted by atomic mass is 9.90. The summed E-state index contributed by atoms with van der Waals surface area (Å²) in [4.78, 5) is 0. The molecule has 0 unspecified atom stereocenters. The van der Waals surface area contributed by atoms with E-state index in [9.17, 15) is 5.11 Å². The number of hydrogen-bond acceptors (Lipinski definition) is 3. The van der Waals surface area contributed by atoms with E-state index in [1.807, 2.05) is 19.9 Å². The molecule has 0 heterocycles. The first kappa shape index (κ1) is 12.4. The number of phenols is 1. The Kier molecular flexibility index (Phi) is 4.19. The zero-order valence-corrected chi connectivity index (χ0v) is 9.73. The van der Waals surface area contributed by atoms with Crippen molar-refractivity contribution in [2.75, 3.05) is 6.61 Å². The minimum atomic E-state index is -0.303. The van der Waals surface area contributed by atoms with Gasteiger partial charge in [0.05, 0.1) is 18.1 Å². The first-order chi connectivity index (χ1) is 7.55. The molecule has 0 aliphatic rings. The number of rotatable bonds is 5. The largest absolute Gasteiger partial charge is 0.504 e. The van der Waals surface area contributed by atoms with E-state index in [0.29, 0.717) is 12.4 Å². The summed E-state index contributed by atoms with van der Waals surface area (Å²) in [5, 5.41) is 18.3. The van der Waals surface area contributed by atoms with Crippen molar-refractivity contribution in [3.05, 3.63) is 24.3 Å². The zero-order chi connectivity index (χ0) is 12.0. The van der Waals surface area contributed by atoms with Crippen LogP contribution in [0.15, 0.2) is 24.3 Å². The van der Waals surface area contributed by atoms with E-state index in [4.69, 9.17) is 10.00 Å². The number of nitriles is 1. The second-order valence-electron chi connectivity index (χ2n) is 4.42. The number of nitrogens with zero attached hydrogens (tertiary/aromatic N) is 1. The SMILES string of the molecule is CC(C)(C#N)CCCOc1ccccc1O. The Bertz CT molecular complexity index is 380. The molecule has 0 bridgehead atoms. The van der Waals surface area contributed by atoms with Gasteiger partial charge in [0.25, 0.3) is 0 Å². The summed E-state index contributed by atoms with van der Waals surface area (Å²) in [6, 6.07) is 9.13. The molecule has 3 heteroatoms. The summed E-state index contributed by atoms with van der Waals surface area (Å²) >= 11 is 0. The highest BCUT2D eigenvalue weighted by Crippen LogP contribution is 2.25. The highest BCUT2D eigenvalue weighted by Gasteiger charge is 2.15. The van der Waals surface area contributed by atoms with Crippen LogP contribution >= 0.6 is 0 Å². The van der Waals surface area contributed by atoms with Gasteiger partial charge < -0.3 is 9.84 Å². The predicted octanol–water partition coefficient (Wildman–Crippen LogP) is 3.10. The van der Waals surface area contributed by atoms with E-state index in [0.717, 1.165) is 12.8 Å². The van der Waals surface area contributed by atoms with Gasteiger partial charge in [0.15, 0.2) is 11.5 Å². The molecular formula is C13H17NO2. The summed E-state index contributed by atoms with van der Waals surface area (Å²) in [5.41, 5.74) is -0.303. The molecule has 0 aliphatic carbocycles. The summed E-state index contributed by atoms with van der Waals surface area (Å²) in [6.07, 6.45) is 1.59. The lowest BCUT2D eigenvalue weighted by Crippen LogP contribution is -2.10. The summed E-state index contributed by atoms with van der Waals surface area (Å²) in [6.45, 7) is 4.34. The van der Waals surface area contributed by atoms with E-state index in [-0.39, 0.29) is 11.2 Å². The second kappa shape index (κ2) is 5.41. The zero-order valence-electron chi connectivity index (χ0n) is 9.73. The molecule has 0 atom stereocenters. The van der Waals surface area contributed by atoms with Crippen LogP contribution in [-0.2, 0) is 0 Å². The van der Waals surface area contributed by atoms with Crippen LogP contribution in [0.3, 0.4) is 0 Å². The molecule has 0 aromatic heterocycles. The normalized spacial score (nSPS) is 10.8. The first-order valence-electron chi connectivity index (χ1n) is 5.37. The van der Waals surface area contributed by atoms with Crippen LogP contribution in [-0.4, -0.2) is 11.7 Å². The second-order valence-corrected chi connectivity index (χ2v) is 4.42. The Hall–Kier alpha value is -1.69. The molecule has 0 amide bonds. The molecule has 1 rings (SSSR count). The van der Waals surface area contributed by atoms with E-state index in [1.54, 1.807) is 18.2 Å². The van der Waals surface area contributed by atoms with Crippen molar-refractivity contribution in [3.63, 3.8) is 0 Å². The third-order valence-electron chi connectivity index (χ3n) is 2.37. The van der Waals surface area contributed by atoms with Gasteiger partial charge >= 0.3 is 0 Å². The molecule has 0 spiro atoms. The van der Waals surface area contributed by atoms with Crippen LogP contribution in [0.25, 0.3) is 0 Å². The molecule has 3 nitrogen and oxygen atoms in total. The number of hydrogen-bond donors (Lipinski definition) is 1. The van der Waals surface area contributed by atoms with Crippen molar-refractivity contribution in [2.45, 2.75) is 26.7 Å². The van der Waals surface area contributed by atoms with E-state index in [2.05, 4.69) is 6.07 Å². The Labute approximate surface area is 96.3 Å². The van der Waals surface area contributed by atoms with Gasteiger partial charge in [0, 0.05) is 0 Å². The van der Waals surface area contributed by atoms with Gasteiger partial charge in [-0.1, -0.05) is 12.1 Å². The maximum absolute atomic E-state index is 9.44. The number of aromatic hydroxyl groups is 1. The van der Waals surface area contributed by atoms with Gasteiger partial charge in [-0.2, -0.15) is 5.26 Å². The van der Waals surface area contributed by atoms with Gasteiger partial charge in [-0.05, 0) is 38.8 Å². The van der Waals surface area contributed by atoms with Gasteiger partial charge in [0.2, 0.25) is 0 Å². The Morgan fingerprint density at radius 1 is 1.38 bits per heavy atom. The van der Waals surface area contributed by atoms with Crippen molar-refractivity contribution in [1.82, 2.24) is 0 Å². The summed E-state index contributed by atoms with van der Waals surface area (Å²) in [5.74, 6) is 0.652.